The van der Waals surface area contributed by atoms with E-state index in [1.54, 1.807) is 0 Å². The zero-order valence-electron chi connectivity index (χ0n) is 41.3. The maximum absolute atomic E-state index is 13.2. The number of ether oxygens (including phenoxy) is 1. The highest BCUT2D eigenvalue weighted by Crippen LogP contribution is 2.19. The summed E-state index contributed by atoms with van der Waals surface area (Å²) < 4.78 is 5.94. The number of carbonyl (C=O) groups is 2. The van der Waals surface area contributed by atoms with Gasteiger partial charge in [0, 0.05) is 6.42 Å². The Kier molecular flexibility index (Phi) is 48.5. The van der Waals surface area contributed by atoms with Crippen LogP contribution in [0.3, 0.4) is 0 Å². The molecular weight excluding hydrogens is 755 g/mol. The minimum Gasteiger partial charge on any atom is -0.462 e. The van der Waals surface area contributed by atoms with Crippen LogP contribution in [0.25, 0.3) is 0 Å². The summed E-state index contributed by atoms with van der Waals surface area (Å²) in [6.45, 7) is 6.51. The van der Waals surface area contributed by atoms with Crippen molar-refractivity contribution in [3.63, 3.8) is 0 Å². The Bertz CT molecular complexity index is 924. The van der Waals surface area contributed by atoms with Gasteiger partial charge >= 0.3 is 5.97 Å². The van der Waals surface area contributed by atoms with Gasteiger partial charge in [0.25, 0.3) is 0 Å². The molecule has 0 saturated carbocycles. The number of nitrogens with one attached hydrogen (secondary N) is 1. The first-order valence-electron chi connectivity index (χ1n) is 27.4. The molecule has 3 N–H and O–H groups in total. The Morgan fingerprint density at radius 3 is 1.16 bits per heavy atom. The van der Waals surface area contributed by atoms with E-state index in [1.807, 2.05) is 0 Å². The van der Waals surface area contributed by atoms with Crippen LogP contribution in [0.5, 0.6) is 0 Å². The molecule has 6 nitrogen and oxygen atoms in total. The van der Waals surface area contributed by atoms with E-state index in [2.05, 4.69) is 38.2 Å². The summed E-state index contributed by atoms with van der Waals surface area (Å²) in [6.07, 6.45) is 55.6. The van der Waals surface area contributed by atoms with Gasteiger partial charge < -0.3 is 20.3 Å². The van der Waals surface area contributed by atoms with Gasteiger partial charge in [-0.3, -0.25) is 9.59 Å². The van der Waals surface area contributed by atoms with E-state index in [4.69, 9.17) is 4.74 Å². The fourth-order valence-electron chi connectivity index (χ4n) is 8.66. The lowest BCUT2D eigenvalue weighted by molar-refractivity contribution is -0.151. The second kappa shape index (κ2) is 49.6. The normalized spacial score (nSPS) is 13.2. The SMILES string of the molecule is CCCCCCCC/C=C\CCCCCC(=O)OC(CCCCCCCCCCCCCCCCCC)CC(=O)NC(CO)C(O)CCCCCCCCCCCCCCC. The van der Waals surface area contributed by atoms with Gasteiger partial charge in [-0.25, -0.2) is 0 Å². The van der Waals surface area contributed by atoms with E-state index in [-0.39, 0.29) is 24.9 Å². The summed E-state index contributed by atoms with van der Waals surface area (Å²) in [5.74, 6) is -0.473. The summed E-state index contributed by atoms with van der Waals surface area (Å²) >= 11 is 0. The first kappa shape index (κ1) is 59.6. The van der Waals surface area contributed by atoms with Crippen LogP contribution in [0.15, 0.2) is 12.2 Å². The molecular formula is C55H107NO5. The van der Waals surface area contributed by atoms with Crippen LogP contribution < -0.4 is 5.32 Å². The zero-order chi connectivity index (χ0) is 44.5. The third-order valence-corrected chi connectivity index (χ3v) is 12.8. The highest BCUT2D eigenvalue weighted by molar-refractivity contribution is 5.77. The molecule has 0 aromatic rings. The molecule has 3 atom stereocenters. The van der Waals surface area contributed by atoms with Crippen LogP contribution in [0.4, 0.5) is 0 Å². The minimum atomic E-state index is -0.784. The van der Waals surface area contributed by atoms with Gasteiger partial charge in [-0.15, -0.1) is 0 Å². The lowest BCUT2D eigenvalue weighted by atomic mass is 10.0. The highest BCUT2D eigenvalue weighted by Gasteiger charge is 2.24. The number of hydrogen-bond donors (Lipinski definition) is 3. The molecule has 362 valence electrons. The summed E-state index contributed by atoms with van der Waals surface area (Å²) in [7, 11) is 0. The molecule has 0 spiro atoms. The van der Waals surface area contributed by atoms with Gasteiger partial charge in [0.15, 0.2) is 0 Å². The second-order valence-corrected chi connectivity index (χ2v) is 19.0. The lowest BCUT2D eigenvalue weighted by Crippen LogP contribution is -2.46. The van der Waals surface area contributed by atoms with Gasteiger partial charge in [-0.1, -0.05) is 251 Å². The van der Waals surface area contributed by atoms with Crippen molar-refractivity contribution in [2.45, 2.75) is 322 Å². The molecule has 3 unspecified atom stereocenters. The molecule has 0 heterocycles. The van der Waals surface area contributed by atoms with Gasteiger partial charge in [-0.2, -0.15) is 0 Å². The van der Waals surface area contributed by atoms with E-state index < -0.39 is 18.2 Å². The van der Waals surface area contributed by atoms with Crippen LogP contribution in [0, 0.1) is 0 Å². The summed E-state index contributed by atoms with van der Waals surface area (Å²) in [6, 6.07) is -0.698. The van der Waals surface area contributed by atoms with Crippen molar-refractivity contribution >= 4 is 11.9 Å². The molecule has 0 aliphatic carbocycles. The molecule has 0 rings (SSSR count). The largest absolute Gasteiger partial charge is 0.462 e. The number of aliphatic hydroxyl groups is 2. The van der Waals surface area contributed by atoms with Crippen molar-refractivity contribution in [2.24, 2.45) is 0 Å². The van der Waals surface area contributed by atoms with Crippen molar-refractivity contribution < 1.29 is 24.5 Å². The molecule has 0 fully saturated rings. The number of aliphatic hydroxyl groups excluding tert-OH is 2. The Labute approximate surface area is 380 Å². The summed E-state index contributed by atoms with van der Waals surface area (Å²) in [5.41, 5.74) is 0. The maximum Gasteiger partial charge on any atom is 0.306 e. The van der Waals surface area contributed by atoms with E-state index in [0.717, 1.165) is 51.4 Å². The molecule has 0 aliphatic rings. The molecule has 0 aromatic carbocycles. The number of amides is 1. The first-order chi connectivity index (χ1) is 30.0. The van der Waals surface area contributed by atoms with E-state index in [1.165, 1.54) is 205 Å². The molecule has 6 heteroatoms. The highest BCUT2D eigenvalue weighted by atomic mass is 16.5. The number of esters is 1. The van der Waals surface area contributed by atoms with Crippen molar-refractivity contribution in [1.82, 2.24) is 5.32 Å². The maximum atomic E-state index is 13.2. The van der Waals surface area contributed by atoms with E-state index in [9.17, 15) is 19.8 Å². The number of carbonyl (C=O) groups excluding carboxylic acids is 2. The first-order valence-corrected chi connectivity index (χ1v) is 27.4. The molecule has 0 saturated heterocycles. The molecule has 0 bridgehead atoms. The van der Waals surface area contributed by atoms with Crippen LogP contribution in [0.1, 0.15) is 303 Å². The number of unbranched alkanes of at least 4 members (excludes halogenated alkanes) is 36. The van der Waals surface area contributed by atoms with Gasteiger partial charge in [0.05, 0.1) is 25.2 Å². The second-order valence-electron chi connectivity index (χ2n) is 19.0. The zero-order valence-corrected chi connectivity index (χ0v) is 41.3. The third kappa shape index (κ3) is 45.0. The van der Waals surface area contributed by atoms with Crippen molar-refractivity contribution in [3.8, 4) is 0 Å². The number of hydrogen-bond acceptors (Lipinski definition) is 5. The molecule has 1 amide bonds. The van der Waals surface area contributed by atoms with E-state index in [0.29, 0.717) is 19.3 Å². The fourth-order valence-corrected chi connectivity index (χ4v) is 8.66. The van der Waals surface area contributed by atoms with Gasteiger partial charge in [-0.05, 0) is 51.4 Å². The van der Waals surface area contributed by atoms with E-state index >= 15 is 0 Å². The lowest BCUT2D eigenvalue weighted by Gasteiger charge is -2.24. The topological polar surface area (TPSA) is 95.9 Å². The Balaban J connectivity index is 4.54. The summed E-state index contributed by atoms with van der Waals surface area (Å²) in [4.78, 5) is 26.2. The van der Waals surface area contributed by atoms with Crippen LogP contribution in [-0.4, -0.2) is 46.9 Å². The molecule has 61 heavy (non-hydrogen) atoms. The fraction of sp³-hybridized carbons (Fsp3) is 0.927. The Hall–Kier alpha value is -1.40. The standard InChI is InChI=1S/C55H107NO5/c1-4-7-10-13-16-19-22-25-26-27-30-31-34-37-40-43-46-51(61-55(60)48-45-42-39-36-33-29-24-21-18-15-12-9-6-3)49-54(59)56-52(50-57)53(58)47-44-41-38-35-32-28-23-20-17-14-11-8-5-2/h29,33,51-53,57-58H,4-28,30-32,34-50H2,1-3H3,(H,56,59)/b33-29-. The average Bonchev–Trinajstić information content (AvgIpc) is 3.25. The molecule has 0 aliphatic heterocycles. The molecule has 0 aromatic heterocycles. The smallest absolute Gasteiger partial charge is 0.306 e. The minimum absolute atomic E-state index is 0.0792. The number of allylic oxidation sites excluding steroid dienone is 2. The Morgan fingerprint density at radius 1 is 0.459 bits per heavy atom. The summed E-state index contributed by atoms with van der Waals surface area (Å²) in [5, 5.41) is 23.8. The Morgan fingerprint density at radius 2 is 0.787 bits per heavy atom. The average molecular weight is 862 g/mol. The van der Waals surface area contributed by atoms with Crippen molar-refractivity contribution in [1.29, 1.82) is 0 Å². The van der Waals surface area contributed by atoms with Crippen molar-refractivity contribution in [2.75, 3.05) is 6.61 Å². The van der Waals surface area contributed by atoms with Crippen LogP contribution >= 0.6 is 0 Å². The number of rotatable bonds is 50. The van der Waals surface area contributed by atoms with Crippen molar-refractivity contribution in [3.05, 3.63) is 12.2 Å². The molecule has 0 radical (unpaired) electrons. The van der Waals surface area contributed by atoms with Gasteiger partial charge in [0.1, 0.15) is 6.10 Å². The third-order valence-electron chi connectivity index (χ3n) is 12.8. The monoisotopic (exact) mass is 862 g/mol. The van der Waals surface area contributed by atoms with Crippen LogP contribution in [-0.2, 0) is 14.3 Å². The predicted octanol–water partition coefficient (Wildman–Crippen LogP) is 16.5. The predicted molar refractivity (Wildman–Crippen MR) is 264 cm³/mol. The van der Waals surface area contributed by atoms with Crippen LogP contribution in [0.2, 0.25) is 0 Å². The van der Waals surface area contributed by atoms with Gasteiger partial charge in [0.2, 0.25) is 5.91 Å². The quantitative estimate of drug-likeness (QED) is 0.0322.